The van der Waals surface area contributed by atoms with Gasteiger partial charge in [0.05, 0.1) is 11.3 Å². The number of carbonyl (C=O) groups is 4. The Balaban J connectivity index is 1.41. The van der Waals surface area contributed by atoms with Crippen molar-refractivity contribution < 1.29 is 32.0 Å². The van der Waals surface area contributed by atoms with E-state index in [9.17, 15) is 32.0 Å². The topological polar surface area (TPSA) is 130 Å². The minimum atomic E-state index is -3.93. The molecule has 0 aliphatic rings. The van der Waals surface area contributed by atoms with Crippen LogP contribution in [0.1, 0.15) is 49.7 Å². The third kappa shape index (κ3) is 11.5. The van der Waals surface area contributed by atoms with Crippen LogP contribution in [0.15, 0.2) is 83.8 Å². The number of hydrogen-bond acceptors (Lipinski definition) is 6. The smallest absolute Gasteiger partial charge is 0.287 e. The van der Waals surface area contributed by atoms with Gasteiger partial charge in [0.15, 0.2) is 0 Å². The monoisotopic (exact) mass is 643 g/mol. The standard InChI is InChI=1S/C32H35ClFN3O6S/c33-28-14-7-6-10-25(28)11-9-21-37(23-24-16-18-26(34)19-17-24)31(40)22-29(38)32(41)35-20-8-2-5-15-30(39)36-44(42,43)27-12-3-1-4-13-27/h1,3-4,6-7,10,12-14,16-19H,2,5,8-9,11,15,20-23H2,(H,35,41)(H,36,39). The minimum Gasteiger partial charge on any atom is -0.349 e. The normalized spacial score (nSPS) is 11.0. The number of Topliss-reactive ketones (excluding diaryl/α,β-unsaturated/α-hetero) is 1. The highest BCUT2D eigenvalue weighted by Crippen LogP contribution is 2.17. The summed E-state index contributed by atoms with van der Waals surface area (Å²) >= 11 is 6.23. The van der Waals surface area contributed by atoms with Crippen molar-refractivity contribution in [2.75, 3.05) is 13.1 Å². The molecule has 0 heterocycles. The number of rotatable bonds is 17. The van der Waals surface area contributed by atoms with Crippen LogP contribution in [0.5, 0.6) is 0 Å². The van der Waals surface area contributed by atoms with E-state index in [2.05, 4.69) is 5.32 Å². The Labute approximate surface area is 261 Å². The maximum absolute atomic E-state index is 13.4. The van der Waals surface area contributed by atoms with Crippen LogP contribution in [0, 0.1) is 5.82 Å². The average molecular weight is 644 g/mol. The van der Waals surface area contributed by atoms with E-state index < -0.39 is 45.8 Å². The first-order chi connectivity index (χ1) is 21.0. The molecule has 0 atom stereocenters. The Morgan fingerprint density at radius 2 is 1.50 bits per heavy atom. The summed E-state index contributed by atoms with van der Waals surface area (Å²) in [4.78, 5) is 51.4. The third-order valence-corrected chi connectivity index (χ3v) is 8.46. The molecule has 234 valence electrons. The molecule has 0 fully saturated rings. The summed E-state index contributed by atoms with van der Waals surface area (Å²) in [6.07, 6.45) is 1.86. The first kappa shape index (κ1) is 34.4. The van der Waals surface area contributed by atoms with Crippen molar-refractivity contribution in [2.24, 2.45) is 0 Å². The summed E-state index contributed by atoms with van der Waals surface area (Å²) in [6.45, 7) is 0.604. The largest absolute Gasteiger partial charge is 0.349 e. The van der Waals surface area contributed by atoms with Crippen molar-refractivity contribution in [3.8, 4) is 0 Å². The summed E-state index contributed by atoms with van der Waals surface area (Å²) in [5.74, 6) is -3.33. The molecule has 3 aromatic rings. The fourth-order valence-electron chi connectivity index (χ4n) is 4.34. The molecule has 3 amide bonds. The van der Waals surface area contributed by atoms with Crippen LogP contribution in [-0.4, -0.2) is 49.9 Å². The molecule has 3 aromatic carbocycles. The number of hydrogen-bond donors (Lipinski definition) is 2. The highest BCUT2D eigenvalue weighted by atomic mass is 35.5. The second-order valence-corrected chi connectivity index (χ2v) is 12.2. The van der Waals surface area contributed by atoms with Gasteiger partial charge < -0.3 is 10.2 Å². The maximum Gasteiger partial charge on any atom is 0.287 e. The van der Waals surface area contributed by atoms with Gasteiger partial charge in [-0.05, 0) is 67.1 Å². The number of sulfonamides is 1. The summed E-state index contributed by atoms with van der Waals surface area (Å²) < 4.78 is 39.8. The van der Waals surface area contributed by atoms with Crippen LogP contribution >= 0.6 is 11.6 Å². The lowest BCUT2D eigenvalue weighted by Gasteiger charge is -2.23. The Hall–Kier alpha value is -4.09. The first-order valence-corrected chi connectivity index (χ1v) is 16.1. The molecule has 0 spiro atoms. The molecule has 0 bridgehead atoms. The zero-order chi connectivity index (χ0) is 32.0. The molecule has 0 radical (unpaired) electrons. The number of aryl methyl sites for hydroxylation is 1. The van der Waals surface area contributed by atoms with Gasteiger partial charge in [0, 0.05) is 31.1 Å². The molecule has 0 unspecified atom stereocenters. The first-order valence-electron chi connectivity index (χ1n) is 14.2. The van der Waals surface area contributed by atoms with Gasteiger partial charge in [-0.25, -0.2) is 17.5 Å². The van der Waals surface area contributed by atoms with Crippen molar-refractivity contribution in [1.29, 1.82) is 0 Å². The van der Waals surface area contributed by atoms with Gasteiger partial charge in [-0.15, -0.1) is 0 Å². The van der Waals surface area contributed by atoms with E-state index in [0.717, 1.165) is 5.56 Å². The molecule has 0 aliphatic carbocycles. The summed E-state index contributed by atoms with van der Waals surface area (Å²) in [5.41, 5.74) is 1.61. The molecule has 0 aliphatic heterocycles. The van der Waals surface area contributed by atoms with Crippen LogP contribution < -0.4 is 10.0 Å². The van der Waals surface area contributed by atoms with Gasteiger partial charge >= 0.3 is 0 Å². The van der Waals surface area contributed by atoms with Crippen molar-refractivity contribution >= 4 is 45.1 Å². The van der Waals surface area contributed by atoms with Gasteiger partial charge in [0.25, 0.3) is 15.9 Å². The van der Waals surface area contributed by atoms with E-state index in [-0.39, 0.29) is 24.4 Å². The van der Waals surface area contributed by atoms with E-state index in [1.165, 1.54) is 29.2 Å². The van der Waals surface area contributed by atoms with E-state index in [0.29, 0.717) is 49.2 Å². The lowest BCUT2D eigenvalue weighted by molar-refractivity contribution is -0.143. The number of halogens is 2. The second-order valence-electron chi connectivity index (χ2n) is 10.1. The van der Waals surface area contributed by atoms with Crippen LogP contribution in [0.3, 0.4) is 0 Å². The Kier molecular flexibility index (Phi) is 13.5. The molecule has 2 N–H and O–H groups in total. The van der Waals surface area contributed by atoms with Gasteiger partial charge in [-0.2, -0.15) is 0 Å². The molecule has 44 heavy (non-hydrogen) atoms. The molecule has 12 heteroatoms. The molecule has 3 rings (SSSR count). The van der Waals surface area contributed by atoms with Gasteiger partial charge in [-0.1, -0.05) is 66.6 Å². The van der Waals surface area contributed by atoms with Crippen molar-refractivity contribution in [1.82, 2.24) is 14.9 Å². The van der Waals surface area contributed by atoms with E-state index in [1.807, 2.05) is 22.9 Å². The maximum atomic E-state index is 13.4. The van der Waals surface area contributed by atoms with E-state index in [4.69, 9.17) is 11.6 Å². The number of carbonyl (C=O) groups excluding carboxylic acids is 4. The highest BCUT2D eigenvalue weighted by molar-refractivity contribution is 7.90. The zero-order valence-electron chi connectivity index (χ0n) is 24.1. The Morgan fingerprint density at radius 3 is 2.20 bits per heavy atom. The number of ketones is 1. The summed E-state index contributed by atoms with van der Waals surface area (Å²) in [5, 5.41) is 3.11. The third-order valence-electron chi connectivity index (χ3n) is 6.70. The van der Waals surface area contributed by atoms with Gasteiger partial charge in [0.1, 0.15) is 5.82 Å². The predicted molar refractivity (Wildman–Crippen MR) is 164 cm³/mol. The predicted octanol–water partition coefficient (Wildman–Crippen LogP) is 4.58. The number of nitrogens with one attached hydrogen (secondary N) is 2. The molecular weight excluding hydrogens is 609 g/mol. The second kappa shape index (κ2) is 17.3. The number of benzene rings is 3. The molecule has 0 aromatic heterocycles. The Bertz CT molecular complexity index is 1540. The fourth-order valence-corrected chi connectivity index (χ4v) is 5.61. The fraction of sp³-hybridized carbons (Fsp3) is 0.312. The Morgan fingerprint density at radius 1 is 0.818 bits per heavy atom. The van der Waals surface area contributed by atoms with Crippen LogP contribution in [-0.2, 0) is 42.2 Å². The lowest BCUT2D eigenvalue weighted by atomic mass is 10.1. The SMILES string of the molecule is O=C(CCCCCNC(=O)C(=O)CC(=O)N(CCCc1ccccc1Cl)Cc1ccc(F)cc1)NS(=O)(=O)c1ccccc1. The van der Waals surface area contributed by atoms with E-state index in [1.54, 1.807) is 36.4 Å². The highest BCUT2D eigenvalue weighted by Gasteiger charge is 2.22. The lowest BCUT2D eigenvalue weighted by Crippen LogP contribution is -2.38. The van der Waals surface area contributed by atoms with Crippen LogP contribution in [0.25, 0.3) is 0 Å². The number of nitrogens with zero attached hydrogens (tertiary/aromatic N) is 1. The van der Waals surface area contributed by atoms with Crippen molar-refractivity contribution in [3.63, 3.8) is 0 Å². The van der Waals surface area contributed by atoms with Crippen molar-refractivity contribution in [2.45, 2.75) is 56.4 Å². The summed E-state index contributed by atoms with van der Waals surface area (Å²) in [6, 6.07) is 20.6. The van der Waals surface area contributed by atoms with Gasteiger partial charge in [0.2, 0.25) is 17.6 Å². The molecule has 0 saturated heterocycles. The van der Waals surface area contributed by atoms with Crippen molar-refractivity contribution in [3.05, 3.63) is 101 Å². The molecule has 0 saturated carbocycles. The number of amides is 3. The minimum absolute atomic E-state index is 0.00474. The quantitative estimate of drug-likeness (QED) is 0.126. The molecule has 9 nitrogen and oxygen atoms in total. The van der Waals surface area contributed by atoms with E-state index >= 15 is 0 Å². The van der Waals surface area contributed by atoms with Gasteiger partial charge in [-0.3, -0.25) is 19.2 Å². The number of unbranched alkanes of at least 4 members (excludes halogenated alkanes) is 2. The average Bonchev–Trinajstić information content (AvgIpc) is 3.00. The molecular formula is C32H35ClFN3O6S. The van der Waals surface area contributed by atoms with Crippen LogP contribution in [0.4, 0.5) is 4.39 Å². The van der Waals surface area contributed by atoms with Crippen LogP contribution in [0.2, 0.25) is 5.02 Å². The summed E-state index contributed by atoms with van der Waals surface area (Å²) in [7, 11) is -3.93. The zero-order valence-corrected chi connectivity index (χ0v) is 25.7.